The molecule has 0 aliphatic rings. The van der Waals surface area contributed by atoms with Gasteiger partial charge in [0, 0.05) is 6.04 Å². The summed E-state index contributed by atoms with van der Waals surface area (Å²) < 4.78 is 0. The van der Waals surface area contributed by atoms with E-state index in [1.165, 1.54) is 0 Å². The van der Waals surface area contributed by atoms with Gasteiger partial charge in [-0.05, 0) is 24.9 Å². The molecular formula is C11H21N3O4S. The number of rotatable bonds is 9. The first-order valence-corrected chi connectivity index (χ1v) is 7.18. The van der Waals surface area contributed by atoms with Crippen LogP contribution in [0.15, 0.2) is 0 Å². The Balaban J connectivity index is 4.11. The van der Waals surface area contributed by atoms with E-state index in [-0.39, 0.29) is 6.04 Å². The molecule has 8 heteroatoms. The minimum atomic E-state index is -1.30. The molecule has 0 aromatic rings. The summed E-state index contributed by atoms with van der Waals surface area (Å²) in [5.74, 6) is -0.136. The van der Waals surface area contributed by atoms with Crippen molar-refractivity contribution in [2.45, 2.75) is 38.8 Å². The van der Waals surface area contributed by atoms with Gasteiger partial charge in [0.05, 0.1) is 6.42 Å². The zero-order valence-corrected chi connectivity index (χ0v) is 12.0. The van der Waals surface area contributed by atoms with Gasteiger partial charge < -0.3 is 21.5 Å². The van der Waals surface area contributed by atoms with Gasteiger partial charge in [0.2, 0.25) is 5.91 Å². The molecule has 0 saturated heterocycles. The Kier molecular flexibility index (Phi) is 8.77. The number of carbonyl (C=O) groups is 3. The molecule has 0 radical (unpaired) electrons. The van der Waals surface area contributed by atoms with Gasteiger partial charge in [-0.1, -0.05) is 6.92 Å². The molecule has 0 aromatic heterocycles. The molecule has 0 bridgehead atoms. The van der Waals surface area contributed by atoms with Crippen LogP contribution in [0.2, 0.25) is 0 Å². The monoisotopic (exact) mass is 291 g/mol. The molecule has 0 aliphatic carbocycles. The number of thioether (sulfide) groups is 1. The lowest BCUT2D eigenvalue weighted by molar-refractivity contribution is -0.140. The third-order valence-electron chi connectivity index (χ3n) is 2.29. The molecular weight excluding hydrogens is 270 g/mol. The number of carbonyl (C=O) groups excluding carboxylic acids is 2. The second-order valence-corrected chi connectivity index (χ2v) is 5.46. The summed E-state index contributed by atoms with van der Waals surface area (Å²) in [5, 5.41) is 13.7. The molecule has 7 nitrogen and oxygen atoms in total. The largest absolute Gasteiger partial charge is 0.480 e. The molecule has 19 heavy (non-hydrogen) atoms. The molecule has 0 spiro atoms. The molecule has 2 atom stereocenters. The van der Waals surface area contributed by atoms with E-state index in [0.29, 0.717) is 0 Å². The smallest absolute Gasteiger partial charge is 0.326 e. The number of hydrogen-bond donors (Lipinski definition) is 4. The average molecular weight is 291 g/mol. The summed E-state index contributed by atoms with van der Waals surface area (Å²) in [6.45, 7) is 3.89. The predicted octanol–water partition coefficient (Wildman–Crippen LogP) is 0.146. The van der Waals surface area contributed by atoms with Gasteiger partial charge in [-0.2, -0.15) is 11.8 Å². The zero-order valence-electron chi connectivity index (χ0n) is 11.1. The van der Waals surface area contributed by atoms with Gasteiger partial charge in [-0.15, -0.1) is 0 Å². The van der Waals surface area contributed by atoms with Crippen molar-refractivity contribution in [2.75, 3.05) is 11.5 Å². The second-order valence-electron chi connectivity index (χ2n) is 4.07. The molecule has 3 amide bonds. The number of urea groups is 1. The molecule has 0 aromatic carbocycles. The number of hydrogen-bond acceptors (Lipinski definition) is 4. The summed E-state index contributed by atoms with van der Waals surface area (Å²) in [4.78, 5) is 33.0. The predicted molar refractivity (Wildman–Crippen MR) is 74.0 cm³/mol. The third-order valence-corrected chi connectivity index (χ3v) is 3.22. The summed E-state index contributed by atoms with van der Waals surface area (Å²) in [7, 11) is 0. The SMILES string of the molecule is CCSCCC(C)NC(=O)N[C@H](CC(N)=O)C(=O)O. The first kappa shape index (κ1) is 17.6. The Morgan fingerprint density at radius 2 is 1.95 bits per heavy atom. The summed E-state index contributed by atoms with van der Waals surface area (Å²) in [6.07, 6.45) is 0.363. The highest BCUT2D eigenvalue weighted by Crippen LogP contribution is 2.03. The maximum atomic E-state index is 11.5. The van der Waals surface area contributed by atoms with Crippen LogP contribution in [0, 0.1) is 0 Å². The number of nitrogens with one attached hydrogen (secondary N) is 2. The lowest BCUT2D eigenvalue weighted by Gasteiger charge is -2.17. The Bertz CT molecular complexity index is 325. The van der Waals surface area contributed by atoms with E-state index in [2.05, 4.69) is 17.6 Å². The maximum Gasteiger partial charge on any atom is 0.326 e. The third kappa shape index (κ3) is 9.18. The van der Waals surface area contributed by atoms with E-state index < -0.39 is 30.4 Å². The zero-order chi connectivity index (χ0) is 14.8. The normalized spacial score (nSPS) is 13.4. The van der Waals surface area contributed by atoms with Crippen LogP contribution in [0.4, 0.5) is 4.79 Å². The highest BCUT2D eigenvalue weighted by Gasteiger charge is 2.22. The first-order chi connectivity index (χ1) is 8.86. The number of nitrogens with two attached hydrogens (primary N) is 1. The topological polar surface area (TPSA) is 122 Å². The van der Waals surface area contributed by atoms with Crippen molar-refractivity contribution in [1.82, 2.24) is 10.6 Å². The fourth-order valence-electron chi connectivity index (χ4n) is 1.30. The van der Waals surface area contributed by atoms with Crippen molar-refractivity contribution in [3.8, 4) is 0 Å². The molecule has 0 rings (SSSR count). The van der Waals surface area contributed by atoms with E-state index in [0.717, 1.165) is 17.9 Å². The Labute approximate surface area is 116 Å². The van der Waals surface area contributed by atoms with Crippen LogP contribution < -0.4 is 16.4 Å². The van der Waals surface area contributed by atoms with E-state index in [1.54, 1.807) is 11.8 Å². The minimum absolute atomic E-state index is 0.0675. The van der Waals surface area contributed by atoms with Crippen molar-refractivity contribution < 1.29 is 19.5 Å². The highest BCUT2D eigenvalue weighted by molar-refractivity contribution is 7.99. The van der Waals surface area contributed by atoms with Gasteiger partial charge >= 0.3 is 12.0 Å². The summed E-state index contributed by atoms with van der Waals surface area (Å²) in [5.41, 5.74) is 4.91. The van der Waals surface area contributed by atoms with Crippen LogP contribution in [0.3, 0.4) is 0 Å². The van der Waals surface area contributed by atoms with Crippen molar-refractivity contribution in [2.24, 2.45) is 5.73 Å². The van der Waals surface area contributed by atoms with Crippen LogP contribution in [0.5, 0.6) is 0 Å². The molecule has 1 unspecified atom stereocenters. The summed E-state index contributed by atoms with van der Waals surface area (Å²) in [6, 6.07) is -1.97. The molecule has 0 saturated carbocycles. The van der Waals surface area contributed by atoms with E-state index in [1.807, 2.05) is 6.92 Å². The fourth-order valence-corrected chi connectivity index (χ4v) is 2.11. The first-order valence-electron chi connectivity index (χ1n) is 6.02. The maximum absolute atomic E-state index is 11.5. The fraction of sp³-hybridized carbons (Fsp3) is 0.727. The highest BCUT2D eigenvalue weighted by atomic mass is 32.2. The Hall–Kier alpha value is -1.44. The number of carboxylic acids is 1. The van der Waals surface area contributed by atoms with Gasteiger partial charge in [0.15, 0.2) is 0 Å². The quantitative estimate of drug-likeness (QED) is 0.450. The van der Waals surface area contributed by atoms with Crippen molar-refractivity contribution >= 4 is 29.7 Å². The van der Waals surface area contributed by atoms with Crippen LogP contribution in [-0.2, 0) is 9.59 Å². The van der Waals surface area contributed by atoms with Crippen LogP contribution >= 0.6 is 11.8 Å². The van der Waals surface area contributed by atoms with Crippen molar-refractivity contribution in [1.29, 1.82) is 0 Å². The molecule has 5 N–H and O–H groups in total. The Morgan fingerprint density at radius 1 is 1.32 bits per heavy atom. The number of aliphatic carboxylic acids is 1. The van der Waals surface area contributed by atoms with Crippen molar-refractivity contribution in [3.63, 3.8) is 0 Å². The molecule has 110 valence electrons. The molecule has 0 aliphatic heterocycles. The van der Waals surface area contributed by atoms with Gasteiger partial charge in [0.25, 0.3) is 0 Å². The standard InChI is InChI=1S/C11H21N3O4S/c1-3-19-5-4-7(2)13-11(18)14-8(10(16)17)6-9(12)15/h7-8H,3-6H2,1-2H3,(H2,12,15)(H,16,17)(H2,13,14,18)/t7?,8-/m1/s1. The van der Waals surface area contributed by atoms with Crippen LogP contribution in [0.1, 0.15) is 26.7 Å². The second kappa shape index (κ2) is 9.48. The lowest BCUT2D eigenvalue weighted by Crippen LogP contribution is -2.49. The van der Waals surface area contributed by atoms with Crippen LogP contribution in [-0.4, -0.2) is 46.6 Å². The lowest BCUT2D eigenvalue weighted by atomic mass is 10.2. The van der Waals surface area contributed by atoms with Crippen LogP contribution in [0.25, 0.3) is 0 Å². The number of amides is 3. The van der Waals surface area contributed by atoms with Gasteiger partial charge in [0.1, 0.15) is 6.04 Å². The number of primary amides is 1. The number of carboxylic acid groups (broad SMARTS) is 1. The van der Waals surface area contributed by atoms with E-state index >= 15 is 0 Å². The van der Waals surface area contributed by atoms with Crippen molar-refractivity contribution in [3.05, 3.63) is 0 Å². The molecule has 0 heterocycles. The minimum Gasteiger partial charge on any atom is -0.480 e. The van der Waals surface area contributed by atoms with Gasteiger partial charge in [-0.25, -0.2) is 9.59 Å². The average Bonchev–Trinajstić information content (AvgIpc) is 2.27. The summed E-state index contributed by atoms with van der Waals surface area (Å²) >= 11 is 1.76. The molecule has 0 fully saturated rings. The van der Waals surface area contributed by atoms with Gasteiger partial charge in [-0.3, -0.25) is 4.79 Å². The van der Waals surface area contributed by atoms with E-state index in [9.17, 15) is 14.4 Å². The van der Waals surface area contributed by atoms with E-state index in [4.69, 9.17) is 10.8 Å². The Morgan fingerprint density at radius 3 is 2.42 bits per heavy atom.